The zero-order chi connectivity index (χ0) is 33.0. The van der Waals surface area contributed by atoms with Crippen LogP contribution in [-0.2, 0) is 11.3 Å². The summed E-state index contributed by atoms with van der Waals surface area (Å²) in [7, 11) is 3.04. The first-order chi connectivity index (χ1) is 20.8. The van der Waals surface area contributed by atoms with Crippen LogP contribution in [0.1, 0.15) is 82.4 Å². The molecule has 0 amide bonds. The third-order valence-corrected chi connectivity index (χ3v) is 7.41. The predicted octanol–water partition coefficient (Wildman–Crippen LogP) is 8.03. The SMILES string of the molecule is CC/C=C(/c1ncc(COc2ccnc(/C(C(=N)C3CC3)=C(/C)OC)n2)cc1C)N(C)/C(Cl)=C(\C)C(F)(F)F.CCCCN. The first kappa shape index (κ1) is 36.8. The summed E-state index contributed by atoms with van der Waals surface area (Å²) in [4.78, 5) is 14.7. The van der Waals surface area contributed by atoms with Crippen LogP contribution >= 0.6 is 11.6 Å². The van der Waals surface area contributed by atoms with Crippen molar-refractivity contribution >= 4 is 28.6 Å². The van der Waals surface area contributed by atoms with E-state index in [0.29, 0.717) is 46.6 Å². The third-order valence-electron chi connectivity index (χ3n) is 6.88. The minimum atomic E-state index is -4.54. The van der Waals surface area contributed by atoms with Crippen LogP contribution in [0.4, 0.5) is 13.2 Å². The molecule has 44 heavy (non-hydrogen) atoms. The Morgan fingerprint density at radius 3 is 2.41 bits per heavy atom. The van der Waals surface area contributed by atoms with Crippen molar-refractivity contribution in [2.24, 2.45) is 11.7 Å². The summed E-state index contributed by atoms with van der Waals surface area (Å²) in [5.74, 6) is 1.46. The van der Waals surface area contributed by atoms with Crippen LogP contribution in [0, 0.1) is 18.3 Å². The second-order valence-electron chi connectivity index (χ2n) is 10.5. The topological polar surface area (TPSA) is 110 Å². The van der Waals surface area contributed by atoms with Gasteiger partial charge in [-0.3, -0.25) is 4.98 Å². The Labute approximate surface area is 263 Å². The molecule has 2 aromatic rings. The average Bonchev–Trinajstić information content (AvgIpc) is 3.84. The summed E-state index contributed by atoms with van der Waals surface area (Å²) in [6.45, 7) is 9.58. The van der Waals surface area contributed by atoms with E-state index < -0.39 is 16.9 Å². The highest BCUT2D eigenvalue weighted by atomic mass is 35.5. The molecule has 8 nitrogen and oxygen atoms in total. The molecule has 1 saturated carbocycles. The van der Waals surface area contributed by atoms with Gasteiger partial charge >= 0.3 is 6.18 Å². The van der Waals surface area contributed by atoms with Gasteiger partial charge in [-0.15, -0.1) is 0 Å². The molecule has 0 radical (unpaired) electrons. The molecule has 3 N–H and O–H groups in total. The average molecular weight is 637 g/mol. The number of aromatic nitrogens is 3. The maximum absolute atomic E-state index is 13.2. The number of hydrogen-bond acceptors (Lipinski definition) is 8. The van der Waals surface area contributed by atoms with Crippen LogP contribution < -0.4 is 10.5 Å². The number of halogens is 4. The van der Waals surface area contributed by atoms with E-state index in [2.05, 4.69) is 21.9 Å². The second-order valence-corrected chi connectivity index (χ2v) is 10.8. The Morgan fingerprint density at radius 1 is 1.23 bits per heavy atom. The standard InChI is InChI=1S/C28H33ClF3N5O2.C4H11N/c1-7-8-21(37(5)26(29)17(3)28(30,31)32)25-16(2)13-19(14-35-25)15-39-22-11-12-34-27(36-22)23(18(4)38-6)24(33)20-9-10-20;1-2-3-4-5/h8,11-14,20,33H,7,9-10,15H2,1-6H3;2-5H2,1H3/b21-8-,23-18-,26-17+,33-24?;. The van der Waals surface area contributed by atoms with Crippen LogP contribution in [-0.4, -0.2) is 52.4 Å². The second kappa shape index (κ2) is 17.2. The molecule has 1 aliphatic carbocycles. The molecule has 0 aliphatic heterocycles. The Kier molecular flexibility index (Phi) is 14.3. The Hall–Kier alpha value is -3.44. The molecule has 12 heteroatoms. The number of aryl methyl sites for hydroxylation is 1. The van der Waals surface area contributed by atoms with Crippen LogP contribution in [0.5, 0.6) is 5.88 Å². The van der Waals surface area contributed by atoms with Crippen molar-refractivity contribution in [1.29, 1.82) is 5.41 Å². The molecule has 0 bridgehead atoms. The molecule has 0 unspecified atom stereocenters. The minimum absolute atomic E-state index is 0.156. The first-order valence-electron chi connectivity index (χ1n) is 14.6. The molecule has 0 saturated heterocycles. The highest BCUT2D eigenvalue weighted by molar-refractivity contribution is 6.30. The van der Waals surface area contributed by atoms with E-state index in [0.717, 1.165) is 37.4 Å². The summed E-state index contributed by atoms with van der Waals surface area (Å²) < 4.78 is 51.0. The molecule has 0 aromatic carbocycles. The van der Waals surface area contributed by atoms with Crippen molar-refractivity contribution in [2.75, 3.05) is 20.7 Å². The summed E-state index contributed by atoms with van der Waals surface area (Å²) in [5, 5.41) is 8.10. The van der Waals surface area contributed by atoms with Crippen LogP contribution in [0.2, 0.25) is 0 Å². The van der Waals surface area contributed by atoms with E-state index in [9.17, 15) is 13.2 Å². The van der Waals surface area contributed by atoms with Crippen molar-refractivity contribution in [3.63, 3.8) is 0 Å². The molecule has 0 spiro atoms. The van der Waals surface area contributed by atoms with Crippen molar-refractivity contribution in [2.45, 2.75) is 79.5 Å². The Bertz CT molecular complexity index is 1370. The monoisotopic (exact) mass is 636 g/mol. The quantitative estimate of drug-likeness (QED) is 0.130. The van der Waals surface area contributed by atoms with Gasteiger partial charge in [-0.25, -0.2) is 4.98 Å². The predicted molar refractivity (Wildman–Crippen MR) is 170 cm³/mol. The normalized spacial score (nSPS) is 14.6. The molecule has 3 rings (SSSR count). The van der Waals surface area contributed by atoms with E-state index in [1.165, 1.54) is 24.8 Å². The Balaban J connectivity index is 0.00000125. The molecule has 0 atom stereocenters. The van der Waals surface area contributed by atoms with E-state index in [-0.39, 0.29) is 12.5 Å². The highest BCUT2D eigenvalue weighted by Gasteiger charge is 2.34. The van der Waals surface area contributed by atoms with E-state index >= 15 is 0 Å². The lowest BCUT2D eigenvalue weighted by Gasteiger charge is -2.25. The van der Waals surface area contributed by atoms with Crippen LogP contribution in [0.15, 0.2) is 47.1 Å². The maximum atomic E-state index is 13.2. The van der Waals surface area contributed by atoms with Crippen molar-refractivity contribution in [3.8, 4) is 5.88 Å². The number of nitrogens with two attached hydrogens (primary N) is 1. The first-order valence-corrected chi connectivity index (χ1v) is 15.0. The van der Waals surface area contributed by atoms with Gasteiger partial charge in [0.15, 0.2) is 5.82 Å². The summed E-state index contributed by atoms with van der Waals surface area (Å²) in [6, 6.07) is 3.49. The lowest BCUT2D eigenvalue weighted by Crippen LogP contribution is -2.21. The highest BCUT2D eigenvalue weighted by Crippen LogP contribution is 2.36. The van der Waals surface area contributed by atoms with Crippen molar-refractivity contribution in [1.82, 2.24) is 19.9 Å². The molecule has 1 fully saturated rings. The number of allylic oxidation sites excluding steroid dienone is 4. The summed E-state index contributed by atoms with van der Waals surface area (Å²) in [6.07, 6.45) is 5.33. The number of nitrogens with zero attached hydrogens (tertiary/aromatic N) is 4. The fourth-order valence-corrected chi connectivity index (χ4v) is 4.29. The van der Waals surface area contributed by atoms with Gasteiger partial charge in [-0.1, -0.05) is 37.9 Å². The van der Waals surface area contributed by atoms with Gasteiger partial charge in [-0.2, -0.15) is 18.2 Å². The number of rotatable bonds is 13. The third kappa shape index (κ3) is 10.3. The van der Waals surface area contributed by atoms with Gasteiger partial charge < -0.3 is 25.5 Å². The maximum Gasteiger partial charge on any atom is 0.415 e. The smallest absolute Gasteiger partial charge is 0.415 e. The summed E-state index contributed by atoms with van der Waals surface area (Å²) in [5.41, 5.74) is 7.78. The fraction of sp³-hybridized carbons (Fsp3) is 0.500. The van der Waals surface area contributed by atoms with Gasteiger partial charge in [0.1, 0.15) is 17.5 Å². The van der Waals surface area contributed by atoms with Gasteiger partial charge in [0.05, 0.1) is 29.6 Å². The molecular formula is C32H44ClF3N6O2. The minimum Gasteiger partial charge on any atom is -0.501 e. The zero-order valence-electron chi connectivity index (χ0n) is 26.6. The lowest BCUT2D eigenvalue weighted by atomic mass is 10.0. The zero-order valence-corrected chi connectivity index (χ0v) is 27.4. The Morgan fingerprint density at radius 2 is 1.91 bits per heavy atom. The van der Waals surface area contributed by atoms with Gasteiger partial charge in [-0.05, 0) is 64.6 Å². The van der Waals surface area contributed by atoms with Crippen LogP contribution in [0.3, 0.4) is 0 Å². The van der Waals surface area contributed by atoms with Gasteiger partial charge in [0, 0.05) is 42.7 Å². The lowest BCUT2D eigenvalue weighted by molar-refractivity contribution is -0.0924. The number of ether oxygens (including phenoxy) is 2. The van der Waals surface area contributed by atoms with Crippen molar-refractivity contribution < 1.29 is 22.6 Å². The van der Waals surface area contributed by atoms with Crippen LogP contribution in [0.25, 0.3) is 11.3 Å². The molecule has 242 valence electrons. The largest absolute Gasteiger partial charge is 0.501 e. The van der Waals surface area contributed by atoms with Gasteiger partial charge in [0.2, 0.25) is 5.88 Å². The number of pyridine rings is 1. The van der Waals surface area contributed by atoms with Gasteiger partial charge in [0.25, 0.3) is 0 Å². The van der Waals surface area contributed by atoms with E-state index in [1.807, 2.05) is 19.9 Å². The molecule has 2 aromatic heterocycles. The molecule has 2 heterocycles. The molecular weight excluding hydrogens is 593 g/mol. The van der Waals surface area contributed by atoms with Crippen molar-refractivity contribution in [3.05, 3.63) is 69.7 Å². The molecule has 1 aliphatic rings. The summed E-state index contributed by atoms with van der Waals surface area (Å²) >= 11 is 6.11. The number of methoxy groups -OCH3 is 1. The van der Waals surface area contributed by atoms with E-state index in [4.69, 9.17) is 32.2 Å². The number of alkyl halides is 3. The van der Waals surface area contributed by atoms with E-state index in [1.54, 1.807) is 38.6 Å². The number of hydrogen-bond donors (Lipinski definition) is 2. The number of unbranched alkanes of at least 4 members (excludes halogenated alkanes) is 1. The number of nitrogens with one attached hydrogen (secondary N) is 1. The fourth-order valence-electron chi connectivity index (χ4n) is 4.09.